The molecule has 0 saturated carbocycles. The molecule has 4 heterocycles. The molecule has 3 fully saturated rings. The van der Waals surface area contributed by atoms with Crippen LogP contribution in [0.4, 0.5) is 5.69 Å². The van der Waals surface area contributed by atoms with E-state index in [0.717, 1.165) is 12.8 Å². The summed E-state index contributed by atoms with van der Waals surface area (Å²) in [5.41, 5.74) is -0.112. The van der Waals surface area contributed by atoms with Gasteiger partial charge in [-0.1, -0.05) is 37.6 Å². The van der Waals surface area contributed by atoms with Crippen molar-refractivity contribution in [2.24, 2.45) is 17.8 Å². The molecule has 0 aromatic heterocycles. The first-order chi connectivity index (χ1) is 13.9. The van der Waals surface area contributed by atoms with Crippen molar-refractivity contribution in [3.05, 3.63) is 28.8 Å². The summed E-state index contributed by atoms with van der Waals surface area (Å²) in [7, 11) is 0. The third-order valence-electron chi connectivity index (χ3n) is 6.85. The smallest absolute Gasteiger partial charge is 0.250 e. The van der Waals surface area contributed by atoms with E-state index >= 15 is 0 Å². The number of hydrogen-bond acceptors (Lipinski definition) is 5. The molecular weight excluding hydrogens is 394 g/mol. The number of fused-ring (bicyclic) bond motifs is 4. The third-order valence-corrected chi connectivity index (χ3v) is 7.17. The van der Waals surface area contributed by atoms with Crippen LogP contribution in [0.5, 0.6) is 0 Å². The van der Waals surface area contributed by atoms with Crippen molar-refractivity contribution in [2.45, 2.75) is 44.4 Å². The van der Waals surface area contributed by atoms with Gasteiger partial charge >= 0.3 is 0 Å². The van der Waals surface area contributed by atoms with Crippen LogP contribution >= 0.6 is 11.6 Å². The van der Waals surface area contributed by atoms with Gasteiger partial charge in [0.25, 0.3) is 0 Å². The van der Waals surface area contributed by atoms with E-state index in [1.54, 1.807) is 12.1 Å². The Labute approximate surface area is 174 Å². The first-order valence-corrected chi connectivity index (χ1v) is 10.6. The average molecular weight is 418 g/mol. The highest BCUT2D eigenvalue weighted by molar-refractivity contribution is 6.35. The summed E-state index contributed by atoms with van der Waals surface area (Å²) in [6, 6.07) is 5.00. The number of rotatable bonds is 3. The number of nitrogens with one attached hydrogen (secondary N) is 2. The minimum absolute atomic E-state index is 0.0670. The van der Waals surface area contributed by atoms with Gasteiger partial charge in [0, 0.05) is 18.2 Å². The fourth-order valence-electron chi connectivity index (χ4n) is 5.53. The van der Waals surface area contributed by atoms with E-state index < -0.39 is 17.4 Å². The molecule has 3 saturated heterocycles. The van der Waals surface area contributed by atoms with Crippen LogP contribution in [0, 0.1) is 17.8 Å². The lowest BCUT2D eigenvalue weighted by Crippen LogP contribution is -2.54. The molecule has 4 aliphatic heterocycles. The lowest BCUT2D eigenvalue weighted by atomic mass is 9.76. The van der Waals surface area contributed by atoms with Gasteiger partial charge in [-0.15, -0.1) is 0 Å². The van der Waals surface area contributed by atoms with Gasteiger partial charge in [-0.05, 0) is 24.8 Å². The summed E-state index contributed by atoms with van der Waals surface area (Å²) in [6.45, 7) is 4.91. The van der Waals surface area contributed by atoms with Crippen LogP contribution in [0.1, 0.15) is 32.3 Å². The standard InChI is InChI=1S/C21H24ClN3O4/c1-10(2)16-14-15(19(27)25(18(14)26)9-11-5-4-8-29-11)21(24-16)12-6-3-7-13(22)17(12)23-20(21)28/h3,6-7,10-11,14-16,24H,4-5,8-9H2,1-2H3,(H,23,28)/t11-,14+,15+,16-,21+/m0/s1. The number of ether oxygens (including phenoxy) is 1. The van der Waals surface area contributed by atoms with Gasteiger partial charge in [0.1, 0.15) is 5.54 Å². The van der Waals surface area contributed by atoms with Crippen LogP contribution in [-0.4, -0.2) is 47.9 Å². The maximum absolute atomic E-state index is 13.6. The highest BCUT2D eigenvalue weighted by Gasteiger charge is 2.70. The molecule has 5 atom stereocenters. The molecule has 7 nitrogen and oxygen atoms in total. The quantitative estimate of drug-likeness (QED) is 0.733. The Bertz CT molecular complexity index is 913. The van der Waals surface area contributed by atoms with Gasteiger partial charge in [0.05, 0.1) is 35.2 Å². The molecule has 1 aromatic rings. The summed E-state index contributed by atoms with van der Waals surface area (Å²) in [5, 5.41) is 6.68. The third kappa shape index (κ3) is 2.47. The summed E-state index contributed by atoms with van der Waals surface area (Å²) >= 11 is 6.32. The van der Waals surface area contributed by atoms with Crippen molar-refractivity contribution < 1.29 is 19.1 Å². The molecule has 0 aliphatic carbocycles. The van der Waals surface area contributed by atoms with Gasteiger partial charge in [-0.3, -0.25) is 24.6 Å². The van der Waals surface area contributed by atoms with Crippen LogP contribution in [-0.2, 0) is 24.7 Å². The molecular formula is C21H24ClN3O4. The largest absolute Gasteiger partial charge is 0.376 e. The number of para-hydroxylation sites is 1. The normalized spacial score (nSPS) is 35.7. The zero-order chi connectivity index (χ0) is 20.5. The zero-order valence-corrected chi connectivity index (χ0v) is 17.2. The Hall–Kier alpha value is -1.96. The van der Waals surface area contributed by atoms with E-state index in [9.17, 15) is 14.4 Å². The first-order valence-electron chi connectivity index (χ1n) is 10.2. The lowest BCUT2D eigenvalue weighted by Gasteiger charge is -2.30. The van der Waals surface area contributed by atoms with Crippen molar-refractivity contribution in [2.75, 3.05) is 18.5 Å². The zero-order valence-electron chi connectivity index (χ0n) is 16.4. The van der Waals surface area contributed by atoms with E-state index in [2.05, 4.69) is 10.6 Å². The molecule has 8 heteroatoms. The minimum atomic E-state index is -1.28. The molecule has 0 bridgehead atoms. The molecule has 154 valence electrons. The van der Waals surface area contributed by atoms with Gasteiger partial charge in [0.2, 0.25) is 17.7 Å². The Kier molecular flexibility index (Phi) is 4.28. The van der Waals surface area contributed by atoms with Gasteiger partial charge in [-0.25, -0.2) is 0 Å². The summed E-state index contributed by atoms with van der Waals surface area (Å²) in [6.07, 6.45) is 1.65. The second-order valence-corrected chi connectivity index (χ2v) is 9.17. The fourth-order valence-corrected chi connectivity index (χ4v) is 5.75. The van der Waals surface area contributed by atoms with E-state index in [0.29, 0.717) is 22.9 Å². The van der Waals surface area contributed by atoms with Crippen LogP contribution in [0.15, 0.2) is 18.2 Å². The lowest BCUT2D eigenvalue weighted by molar-refractivity contribution is -0.144. The number of anilines is 1. The second kappa shape index (κ2) is 6.52. The van der Waals surface area contributed by atoms with Crippen LogP contribution in [0.25, 0.3) is 0 Å². The number of hydrogen-bond donors (Lipinski definition) is 2. The Morgan fingerprint density at radius 3 is 2.76 bits per heavy atom. The molecule has 5 rings (SSSR count). The maximum atomic E-state index is 13.6. The number of likely N-dealkylation sites (tertiary alicyclic amines) is 1. The number of carbonyl (C=O) groups excluding carboxylic acids is 3. The molecule has 1 aromatic carbocycles. The van der Waals surface area contributed by atoms with Gasteiger partial charge in [0.15, 0.2) is 0 Å². The number of amides is 3. The minimum Gasteiger partial charge on any atom is -0.376 e. The van der Waals surface area contributed by atoms with Gasteiger partial charge < -0.3 is 10.1 Å². The number of benzene rings is 1. The first kappa shape index (κ1) is 19.0. The summed E-state index contributed by atoms with van der Waals surface area (Å²) in [4.78, 5) is 41.5. The highest BCUT2D eigenvalue weighted by Crippen LogP contribution is 2.55. The monoisotopic (exact) mass is 417 g/mol. The Balaban J connectivity index is 1.61. The van der Waals surface area contributed by atoms with Crippen molar-refractivity contribution in [3.63, 3.8) is 0 Å². The molecule has 0 unspecified atom stereocenters. The SMILES string of the molecule is CC(C)[C@@H]1N[C@@]2(C(=O)Nc3c(Cl)cccc32)[C@H]2C(=O)N(C[C@@H]3CCCO3)C(=O)[C@@H]12. The molecule has 29 heavy (non-hydrogen) atoms. The maximum Gasteiger partial charge on any atom is 0.250 e. The number of nitrogens with zero attached hydrogens (tertiary/aromatic N) is 1. The molecule has 1 spiro atoms. The van der Waals surface area contributed by atoms with Crippen molar-refractivity contribution in [3.8, 4) is 0 Å². The predicted octanol–water partition coefficient (Wildman–Crippen LogP) is 1.90. The Morgan fingerprint density at radius 1 is 1.28 bits per heavy atom. The van der Waals surface area contributed by atoms with E-state index in [1.165, 1.54) is 4.90 Å². The fraction of sp³-hybridized carbons (Fsp3) is 0.571. The topological polar surface area (TPSA) is 87.7 Å². The predicted molar refractivity (Wildman–Crippen MR) is 106 cm³/mol. The molecule has 3 amide bonds. The van der Waals surface area contributed by atoms with Crippen molar-refractivity contribution in [1.29, 1.82) is 0 Å². The molecule has 2 N–H and O–H groups in total. The van der Waals surface area contributed by atoms with E-state index in [4.69, 9.17) is 16.3 Å². The van der Waals surface area contributed by atoms with Gasteiger partial charge in [-0.2, -0.15) is 0 Å². The van der Waals surface area contributed by atoms with Crippen molar-refractivity contribution >= 4 is 35.0 Å². The molecule has 4 aliphatic rings. The number of imide groups is 1. The number of carbonyl (C=O) groups is 3. The second-order valence-electron chi connectivity index (χ2n) is 8.76. The molecule has 0 radical (unpaired) electrons. The van der Waals surface area contributed by atoms with Crippen LogP contribution in [0.3, 0.4) is 0 Å². The number of halogens is 1. The van der Waals surface area contributed by atoms with Crippen LogP contribution < -0.4 is 10.6 Å². The highest BCUT2D eigenvalue weighted by atomic mass is 35.5. The Morgan fingerprint density at radius 2 is 2.07 bits per heavy atom. The average Bonchev–Trinajstić information content (AvgIpc) is 3.42. The summed E-state index contributed by atoms with van der Waals surface area (Å²) < 4.78 is 5.66. The van der Waals surface area contributed by atoms with E-state index in [1.807, 2.05) is 19.9 Å². The van der Waals surface area contributed by atoms with E-state index in [-0.39, 0.29) is 42.3 Å². The van der Waals surface area contributed by atoms with Crippen molar-refractivity contribution in [1.82, 2.24) is 10.2 Å². The van der Waals surface area contributed by atoms with Crippen LogP contribution in [0.2, 0.25) is 5.02 Å². The summed E-state index contributed by atoms with van der Waals surface area (Å²) in [5.74, 6) is -2.13.